The van der Waals surface area contributed by atoms with Crippen LogP contribution >= 0.6 is 0 Å². The van der Waals surface area contributed by atoms with Gasteiger partial charge in [0.1, 0.15) is 11.6 Å². The Kier molecular flexibility index (Phi) is 5.66. The molecule has 0 aliphatic carbocycles. The molecule has 1 aromatic heterocycles. The summed E-state index contributed by atoms with van der Waals surface area (Å²) in [6.45, 7) is 2.26. The number of nitrogens with zero attached hydrogens (tertiary/aromatic N) is 2. The van der Waals surface area contributed by atoms with Crippen LogP contribution in [-0.2, 0) is 12.7 Å². The van der Waals surface area contributed by atoms with E-state index in [0.29, 0.717) is 11.9 Å². The van der Waals surface area contributed by atoms with Gasteiger partial charge in [0.15, 0.2) is 0 Å². The van der Waals surface area contributed by atoms with Gasteiger partial charge in [-0.05, 0) is 31.0 Å². The van der Waals surface area contributed by atoms with E-state index in [-0.39, 0.29) is 0 Å². The smallest absolute Gasteiger partial charge is 0.417 e. The highest BCUT2D eigenvalue weighted by atomic mass is 19.4. The lowest BCUT2D eigenvalue weighted by molar-refractivity contribution is -0.137. The summed E-state index contributed by atoms with van der Waals surface area (Å²) in [5.74, 6) is 1.47. The topological polar surface area (TPSA) is 37.4 Å². The number of hydrogen-bond acceptors (Lipinski definition) is 4. The molecule has 0 atom stereocenters. The second kappa shape index (κ2) is 7.95. The number of methoxy groups -OCH3 is 1. The van der Waals surface area contributed by atoms with Gasteiger partial charge >= 0.3 is 6.18 Å². The molecule has 2 aromatic rings. The van der Waals surface area contributed by atoms with Gasteiger partial charge in [0, 0.05) is 37.4 Å². The molecular formula is C19H22F3N3O. The SMILES string of the molecule is COc1ccccc1CNC1CCN(c2ccc(C(F)(F)F)cn2)CC1. The number of benzene rings is 1. The summed E-state index contributed by atoms with van der Waals surface area (Å²) in [4.78, 5) is 6.01. The number of aromatic nitrogens is 1. The molecule has 26 heavy (non-hydrogen) atoms. The number of ether oxygens (including phenoxy) is 1. The van der Waals surface area contributed by atoms with Crippen molar-refractivity contribution >= 4 is 5.82 Å². The molecule has 1 aliphatic heterocycles. The third-order valence-electron chi connectivity index (χ3n) is 4.67. The molecule has 7 heteroatoms. The lowest BCUT2D eigenvalue weighted by atomic mass is 10.0. The van der Waals surface area contributed by atoms with E-state index in [9.17, 15) is 13.2 Å². The van der Waals surface area contributed by atoms with E-state index < -0.39 is 11.7 Å². The maximum atomic E-state index is 12.6. The third-order valence-corrected chi connectivity index (χ3v) is 4.67. The predicted molar refractivity (Wildman–Crippen MR) is 94.3 cm³/mol. The molecule has 0 spiro atoms. The Morgan fingerprint density at radius 3 is 2.50 bits per heavy atom. The Bertz CT molecular complexity index is 711. The molecular weight excluding hydrogens is 343 g/mol. The molecule has 2 heterocycles. The fourth-order valence-electron chi connectivity index (χ4n) is 3.16. The van der Waals surface area contributed by atoms with Crippen LogP contribution in [0.15, 0.2) is 42.6 Å². The van der Waals surface area contributed by atoms with Crippen molar-refractivity contribution < 1.29 is 17.9 Å². The number of para-hydroxylation sites is 1. The molecule has 1 saturated heterocycles. The average molecular weight is 365 g/mol. The lowest BCUT2D eigenvalue weighted by Crippen LogP contribution is -2.42. The number of halogens is 3. The minimum Gasteiger partial charge on any atom is -0.496 e. The van der Waals surface area contributed by atoms with Crippen LogP contribution < -0.4 is 15.0 Å². The highest BCUT2D eigenvalue weighted by Gasteiger charge is 2.31. The number of alkyl halides is 3. The Hall–Kier alpha value is -2.28. The summed E-state index contributed by atoms with van der Waals surface area (Å²) in [6, 6.07) is 10.8. The van der Waals surface area contributed by atoms with Crippen molar-refractivity contribution in [1.29, 1.82) is 0 Å². The zero-order valence-electron chi connectivity index (χ0n) is 14.6. The molecule has 1 N–H and O–H groups in total. The Balaban J connectivity index is 1.51. The molecule has 0 amide bonds. The molecule has 1 fully saturated rings. The van der Waals surface area contributed by atoms with Crippen molar-refractivity contribution in [2.24, 2.45) is 0 Å². The van der Waals surface area contributed by atoms with Crippen LogP contribution in [0.25, 0.3) is 0 Å². The summed E-state index contributed by atoms with van der Waals surface area (Å²) in [5, 5.41) is 3.54. The fraction of sp³-hybridized carbons (Fsp3) is 0.421. The highest BCUT2D eigenvalue weighted by Crippen LogP contribution is 2.29. The number of piperidine rings is 1. The molecule has 0 bridgehead atoms. The Morgan fingerprint density at radius 1 is 1.15 bits per heavy atom. The minimum absolute atomic E-state index is 0.366. The van der Waals surface area contributed by atoms with Gasteiger partial charge < -0.3 is 15.0 Å². The maximum absolute atomic E-state index is 12.6. The van der Waals surface area contributed by atoms with Crippen LogP contribution in [0, 0.1) is 0 Å². The molecule has 1 aromatic carbocycles. The standard InChI is InChI=1S/C19H22F3N3O/c1-26-17-5-3-2-4-14(17)12-23-16-8-10-25(11-9-16)18-7-6-15(13-24-18)19(20,21)22/h2-7,13,16,23H,8-12H2,1H3. The second-order valence-corrected chi connectivity index (χ2v) is 6.36. The van der Waals surface area contributed by atoms with E-state index in [1.54, 1.807) is 7.11 Å². The Labute approximate surface area is 151 Å². The fourth-order valence-corrected chi connectivity index (χ4v) is 3.16. The van der Waals surface area contributed by atoms with Gasteiger partial charge in [-0.1, -0.05) is 18.2 Å². The molecule has 1 aliphatic rings. The van der Waals surface area contributed by atoms with Crippen LogP contribution in [0.4, 0.5) is 19.0 Å². The van der Waals surface area contributed by atoms with E-state index in [0.717, 1.165) is 56.1 Å². The number of rotatable bonds is 5. The Morgan fingerprint density at radius 2 is 1.88 bits per heavy atom. The number of pyridine rings is 1. The summed E-state index contributed by atoms with van der Waals surface area (Å²) in [5.41, 5.74) is 0.399. The zero-order chi connectivity index (χ0) is 18.6. The van der Waals surface area contributed by atoms with Crippen molar-refractivity contribution in [1.82, 2.24) is 10.3 Å². The molecule has 0 unspecified atom stereocenters. The number of anilines is 1. The van der Waals surface area contributed by atoms with Crippen molar-refractivity contribution in [2.45, 2.75) is 31.6 Å². The van der Waals surface area contributed by atoms with Crippen molar-refractivity contribution in [3.8, 4) is 5.75 Å². The van der Waals surface area contributed by atoms with Crippen LogP contribution in [0.2, 0.25) is 0 Å². The number of hydrogen-bond donors (Lipinski definition) is 1. The monoisotopic (exact) mass is 365 g/mol. The second-order valence-electron chi connectivity index (χ2n) is 6.36. The molecule has 0 radical (unpaired) electrons. The zero-order valence-corrected chi connectivity index (χ0v) is 14.6. The summed E-state index contributed by atoms with van der Waals surface area (Å²) in [6.07, 6.45) is -1.61. The van der Waals surface area contributed by atoms with Gasteiger partial charge in [0.25, 0.3) is 0 Å². The van der Waals surface area contributed by atoms with Gasteiger partial charge in [-0.2, -0.15) is 13.2 Å². The van der Waals surface area contributed by atoms with Crippen molar-refractivity contribution in [3.63, 3.8) is 0 Å². The first-order valence-corrected chi connectivity index (χ1v) is 8.61. The average Bonchev–Trinajstić information content (AvgIpc) is 2.66. The first kappa shape index (κ1) is 18.5. The molecule has 4 nitrogen and oxygen atoms in total. The summed E-state index contributed by atoms with van der Waals surface area (Å²) < 4.78 is 43.2. The van der Waals surface area contributed by atoms with E-state index in [4.69, 9.17) is 4.74 Å². The van der Waals surface area contributed by atoms with E-state index in [1.807, 2.05) is 29.2 Å². The predicted octanol–water partition coefficient (Wildman–Crippen LogP) is 3.87. The van der Waals surface area contributed by atoms with Gasteiger partial charge in [-0.15, -0.1) is 0 Å². The maximum Gasteiger partial charge on any atom is 0.417 e. The molecule has 0 saturated carbocycles. The van der Waals surface area contributed by atoms with E-state index in [1.165, 1.54) is 6.07 Å². The first-order valence-electron chi connectivity index (χ1n) is 8.61. The summed E-state index contributed by atoms with van der Waals surface area (Å²) in [7, 11) is 1.66. The van der Waals surface area contributed by atoms with Gasteiger partial charge in [0.05, 0.1) is 12.7 Å². The van der Waals surface area contributed by atoms with Crippen molar-refractivity contribution in [2.75, 3.05) is 25.1 Å². The minimum atomic E-state index is -4.35. The quantitative estimate of drug-likeness (QED) is 0.873. The molecule has 140 valence electrons. The van der Waals surface area contributed by atoms with Crippen LogP contribution in [0.5, 0.6) is 5.75 Å². The van der Waals surface area contributed by atoms with Crippen LogP contribution in [0.1, 0.15) is 24.0 Å². The highest BCUT2D eigenvalue weighted by molar-refractivity contribution is 5.40. The first-order chi connectivity index (χ1) is 12.5. The van der Waals surface area contributed by atoms with Gasteiger partial charge in [0.2, 0.25) is 0 Å². The normalized spacial score (nSPS) is 15.9. The van der Waals surface area contributed by atoms with E-state index in [2.05, 4.69) is 10.3 Å². The third kappa shape index (κ3) is 4.46. The van der Waals surface area contributed by atoms with Crippen LogP contribution in [0.3, 0.4) is 0 Å². The van der Waals surface area contributed by atoms with Gasteiger partial charge in [-0.3, -0.25) is 0 Å². The largest absolute Gasteiger partial charge is 0.496 e. The number of nitrogens with one attached hydrogen (secondary N) is 1. The van der Waals surface area contributed by atoms with Crippen molar-refractivity contribution in [3.05, 3.63) is 53.7 Å². The lowest BCUT2D eigenvalue weighted by Gasteiger charge is -2.33. The van der Waals surface area contributed by atoms with Gasteiger partial charge in [-0.25, -0.2) is 4.98 Å². The summed E-state index contributed by atoms with van der Waals surface area (Å²) >= 11 is 0. The van der Waals surface area contributed by atoms with E-state index >= 15 is 0 Å². The van der Waals surface area contributed by atoms with Crippen LogP contribution in [-0.4, -0.2) is 31.2 Å². The molecule has 3 rings (SSSR count).